The minimum absolute atomic E-state index is 0.119. The van der Waals surface area contributed by atoms with E-state index in [1.54, 1.807) is 97.9 Å². The Bertz CT molecular complexity index is 2790. The Kier molecular flexibility index (Phi) is 15.9. The van der Waals surface area contributed by atoms with Gasteiger partial charge in [0.25, 0.3) is 23.6 Å². The summed E-state index contributed by atoms with van der Waals surface area (Å²) in [7, 11) is 8.41. The monoisotopic (exact) mass is 948 g/mol. The maximum absolute atomic E-state index is 13.0. The number of nitrogens with zero attached hydrogens (tertiary/aromatic N) is 5. The highest BCUT2D eigenvalue weighted by Crippen LogP contribution is 2.34. The quantitative estimate of drug-likeness (QED) is 0.0583. The summed E-state index contributed by atoms with van der Waals surface area (Å²) in [6, 6.07) is 27.9. The molecule has 338 valence electrons. The first-order valence-corrected chi connectivity index (χ1v) is 21.0. The highest BCUT2D eigenvalue weighted by molar-refractivity contribution is 6.32. The number of amidine groups is 2. The van der Waals surface area contributed by atoms with Crippen LogP contribution in [0.15, 0.2) is 121 Å². The Hall–Kier alpha value is -7.53. The molecule has 0 atom stereocenters. The molecule has 0 radical (unpaired) electrons. The molecule has 0 fully saturated rings. The summed E-state index contributed by atoms with van der Waals surface area (Å²) in [4.78, 5) is 68.1. The Morgan fingerprint density at radius 2 is 1.14 bits per heavy atom. The molecule has 16 nitrogen and oxygen atoms in total. The van der Waals surface area contributed by atoms with Crippen LogP contribution in [0.25, 0.3) is 0 Å². The molecule has 19 heteroatoms. The van der Waals surface area contributed by atoms with E-state index < -0.39 is 23.6 Å². The summed E-state index contributed by atoms with van der Waals surface area (Å²) in [5.41, 5.74) is 3.14. The van der Waals surface area contributed by atoms with E-state index in [0.717, 1.165) is 24.5 Å². The lowest BCUT2D eigenvalue weighted by molar-refractivity contribution is 0.101. The third kappa shape index (κ3) is 12.0. The van der Waals surface area contributed by atoms with Gasteiger partial charge in [-0.3, -0.25) is 29.6 Å². The number of halogens is 3. The Balaban J connectivity index is 0.000000219. The molecule has 4 aromatic carbocycles. The predicted octanol–water partition coefficient (Wildman–Crippen LogP) is 8.73. The molecular formula is C47H43Cl3N10O6. The summed E-state index contributed by atoms with van der Waals surface area (Å²) < 4.78 is 10.7. The van der Waals surface area contributed by atoms with E-state index in [2.05, 4.69) is 41.1 Å². The zero-order valence-electron chi connectivity index (χ0n) is 36.2. The van der Waals surface area contributed by atoms with Crippen molar-refractivity contribution in [1.82, 2.24) is 19.8 Å². The van der Waals surface area contributed by atoms with Gasteiger partial charge in [0.05, 0.1) is 53.3 Å². The molecule has 4 amide bonds. The Labute approximate surface area is 395 Å². The van der Waals surface area contributed by atoms with Gasteiger partial charge < -0.3 is 40.5 Å². The number of pyridine rings is 2. The molecule has 0 aliphatic carbocycles. The van der Waals surface area contributed by atoms with Crippen molar-refractivity contribution < 1.29 is 28.7 Å². The summed E-state index contributed by atoms with van der Waals surface area (Å²) in [5, 5.41) is 20.1. The molecule has 7 rings (SSSR count). The van der Waals surface area contributed by atoms with Gasteiger partial charge in [-0.05, 0) is 66.7 Å². The maximum atomic E-state index is 13.0. The van der Waals surface area contributed by atoms with E-state index in [1.165, 1.54) is 38.7 Å². The second-order valence-electron chi connectivity index (χ2n) is 14.5. The summed E-state index contributed by atoms with van der Waals surface area (Å²) >= 11 is 17.9. The average molecular weight is 950 g/mol. The number of benzene rings is 4. The van der Waals surface area contributed by atoms with Crippen LogP contribution in [-0.2, 0) is 0 Å². The molecule has 6 aromatic rings. The van der Waals surface area contributed by atoms with Crippen molar-refractivity contribution in [3.63, 3.8) is 0 Å². The van der Waals surface area contributed by atoms with E-state index in [1.807, 2.05) is 19.2 Å². The van der Waals surface area contributed by atoms with Crippen LogP contribution in [0.2, 0.25) is 15.1 Å². The molecule has 0 saturated heterocycles. The summed E-state index contributed by atoms with van der Waals surface area (Å²) in [6.45, 7) is 1.62. The zero-order chi connectivity index (χ0) is 47.5. The third-order valence-electron chi connectivity index (χ3n) is 9.77. The van der Waals surface area contributed by atoms with Gasteiger partial charge in [-0.25, -0.2) is 9.97 Å². The topological polar surface area (TPSA) is 203 Å². The number of methoxy groups -OCH3 is 2. The first kappa shape index (κ1) is 47.9. The van der Waals surface area contributed by atoms with Crippen LogP contribution in [0.3, 0.4) is 0 Å². The zero-order valence-corrected chi connectivity index (χ0v) is 38.5. The smallest absolute Gasteiger partial charge is 0.259 e. The van der Waals surface area contributed by atoms with Gasteiger partial charge in [0.15, 0.2) is 0 Å². The number of ether oxygens (including phenoxy) is 2. The number of hydrogen-bond donors (Lipinski definition) is 5. The Morgan fingerprint density at radius 3 is 1.62 bits per heavy atom. The third-order valence-corrected chi connectivity index (χ3v) is 10.4. The van der Waals surface area contributed by atoms with Crippen molar-refractivity contribution in [1.29, 1.82) is 5.41 Å². The SMILES string of the molecule is COc1cc(Cl)cc(C(=O)Nc2ccc(Cl)cn2)c1NC(=O)c1ccc(C2=NCCN2C)cc1.COc1cccc(C(=O)Nc2ccc(Cl)cn2)c1NC(=O)c1ccc(C(=N)N(C)C)cc1. The molecule has 0 spiro atoms. The number of carbonyl (C=O) groups excluding carboxylic acids is 4. The van der Waals surface area contributed by atoms with Crippen LogP contribution < -0.4 is 30.7 Å². The molecule has 2 aromatic heterocycles. The normalized spacial score (nSPS) is 11.6. The van der Waals surface area contributed by atoms with Crippen LogP contribution >= 0.6 is 34.8 Å². The first-order valence-electron chi connectivity index (χ1n) is 19.9. The number of aliphatic imine (C=N–C) groups is 1. The van der Waals surface area contributed by atoms with Gasteiger partial charge in [-0.15, -0.1) is 0 Å². The number of likely N-dealkylation sites (N-methyl/N-ethyl adjacent to an activating group) is 1. The second-order valence-corrected chi connectivity index (χ2v) is 15.8. The fraction of sp³-hybridized carbons (Fsp3) is 0.149. The van der Waals surface area contributed by atoms with E-state index >= 15 is 0 Å². The molecular weight excluding hydrogens is 907 g/mol. The van der Waals surface area contributed by atoms with Crippen LogP contribution in [0.5, 0.6) is 11.5 Å². The molecule has 0 unspecified atom stereocenters. The van der Waals surface area contributed by atoms with Gasteiger partial charge in [-0.1, -0.05) is 65.1 Å². The molecule has 3 heterocycles. The fourth-order valence-corrected chi connectivity index (χ4v) is 6.79. The van der Waals surface area contributed by atoms with E-state index in [-0.39, 0.29) is 33.3 Å². The molecule has 0 bridgehead atoms. The van der Waals surface area contributed by atoms with Gasteiger partial charge in [-0.2, -0.15) is 0 Å². The first-order chi connectivity index (χ1) is 31.6. The predicted molar refractivity (Wildman–Crippen MR) is 259 cm³/mol. The van der Waals surface area contributed by atoms with Gasteiger partial charge >= 0.3 is 0 Å². The number of rotatable bonds is 12. The van der Waals surface area contributed by atoms with Crippen LogP contribution in [0, 0.1) is 5.41 Å². The standard InChI is InChI=1S/C24H21Cl2N5O3.C23H22ClN5O3/c1-31-10-9-27-22(31)14-3-5-15(6-4-14)23(32)30-21-18(11-17(26)12-19(21)34-2)24(33)29-20-8-7-16(25)13-28-20;1-29(2)21(25)14-7-9-15(10-8-14)22(30)28-20-17(5-4-6-18(20)32-3)23(31)27-19-12-11-16(24)13-26-19/h3-8,11-13H,9-10H2,1-2H3,(H,30,32)(H,28,29,33);4-13,25H,1-3H3,(H,28,30)(H,26,27,31). The van der Waals surface area contributed by atoms with Crippen molar-refractivity contribution in [3.8, 4) is 11.5 Å². The minimum atomic E-state index is -0.524. The van der Waals surface area contributed by atoms with Crippen LogP contribution in [0.4, 0.5) is 23.0 Å². The molecule has 1 aliphatic heterocycles. The maximum Gasteiger partial charge on any atom is 0.259 e. The lowest BCUT2D eigenvalue weighted by atomic mass is 10.1. The largest absolute Gasteiger partial charge is 0.495 e. The highest BCUT2D eigenvalue weighted by Gasteiger charge is 2.23. The number of nitrogens with one attached hydrogen (secondary N) is 5. The Morgan fingerprint density at radius 1 is 0.621 bits per heavy atom. The second kappa shape index (κ2) is 21.9. The van der Waals surface area contributed by atoms with Crippen molar-refractivity contribution in [2.24, 2.45) is 4.99 Å². The minimum Gasteiger partial charge on any atom is -0.495 e. The number of carbonyl (C=O) groups is 4. The van der Waals surface area contributed by atoms with E-state index in [9.17, 15) is 19.2 Å². The number of hydrogen-bond acceptors (Lipinski definition) is 11. The fourth-order valence-electron chi connectivity index (χ4n) is 6.36. The molecule has 0 saturated carbocycles. The summed E-state index contributed by atoms with van der Waals surface area (Å²) in [6.07, 6.45) is 2.84. The van der Waals surface area contributed by atoms with Gasteiger partial charge in [0, 0.05) is 73.4 Å². The van der Waals surface area contributed by atoms with Crippen molar-refractivity contribution in [2.45, 2.75) is 0 Å². The van der Waals surface area contributed by atoms with Crippen LogP contribution in [0.1, 0.15) is 52.6 Å². The highest BCUT2D eigenvalue weighted by atomic mass is 35.5. The number of aromatic nitrogens is 2. The number of amides is 4. The molecule has 5 N–H and O–H groups in total. The van der Waals surface area contributed by atoms with Gasteiger partial charge in [0.1, 0.15) is 34.8 Å². The van der Waals surface area contributed by atoms with Crippen LogP contribution in [-0.4, -0.2) is 104 Å². The van der Waals surface area contributed by atoms with Crippen molar-refractivity contribution >= 4 is 93.1 Å². The van der Waals surface area contributed by atoms with E-state index in [4.69, 9.17) is 49.7 Å². The molecule has 1 aliphatic rings. The average Bonchev–Trinajstić information content (AvgIpc) is 3.76. The molecule has 66 heavy (non-hydrogen) atoms. The lowest BCUT2D eigenvalue weighted by Crippen LogP contribution is -2.23. The van der Waals surface area contributed by atoms with Crippen molar-refractivity contribution in [2.75, 3.05) is 69.7 Å². The number of anilines is 4. The van der Waals surface area contributed by atoms with Crippen molar-refractivity contribution in [3.05, 3.63) is 164 Å². The lowest BCUT2D eigenvalue weighted by Gasteiger charge is -2.16. The van der Waals surface area contributed by atoms with E-state index in [0.29, 0.717) is 50.0 Å². The number of para-hydroxylation sites is 1. The summed E-state index contributed by atoms with van der Waals surface area (Å²) in [5.74, 6) is 0.586. The van der Waals surface area contributed by atoms with Gasteiger partial charge in [0.2, 0.25) is 0 Å².